The summed E-state index contributed by atoms with van der Waals surface area (Å²) in [7, 11) is 0. The summed E-state index contributed by atoms with van der Waals surface area (Å²) in [5.74, 6) is 0.00401. The average Bonchev–Trinajstić information content (AvgIpc) is 2.88. The number of carbonyl (C=O) groups excluding carboxylic acids is 1. The van der Waals surface area contributed by atoms with Crippen LogP contribution in [0, 0.1) is 0 Å². The Bertz CT molecular complexity index is 632. The van der Waals surface area contributed by atoms with Crippen LogP contribution in [-0.2, 0) is 11.3 Å². The van der Waals surface area contributed by atoms with Crippen LogP contribution in [0.4, 0.5) is 0 Å². The van der Waals surface area contributed by atoms with E-state index in [1.54, 1.807) is 0 Å². The van der Waals surface area contributed by atoms with E-state index in [0.29, 0.717) is 12.4 Å². The standard InChI is InChI=1S/C17H21NO3.ClH/c1-2-20-17(19)16-14(12-18-10-6-3-7-11-18)13-8-4-5-9-15(13)21-16;/h4-5,8-9H,2-3,6-7,10-12H2,1H3;1H/p-1. The van der Waals surface area contributed by atoms with E-state index in [-0.39, 0.29) is 18.4 Å². The Labute approximate surface area is 136 Å². The van der Waals surface area contributed by atoms with Gasteiger partial charge in [-0.3, -0.25) is 4.90 Å². The Kier molecular flexibility index (Phi) is 5.86. The molecule has 3 rings (SSSR count). The van der Waals surface area contributed by atoms with Gasteiger partial charge in [0.15, 0.2) is 0 Å². The number of benzene rings is 1. The molecular weight excluding hydrogens is 302 g/mol. The van der Waals surface area contributed by atoms with Gasteiger partial charge in [-0.2, -0.15) is 0 Å². The number of esters is 1. The predicted octanol–water partition coefficient (Wildman–Crippen LogP) is 0.599. The Hall–Kier alpha value is -1.52. The van der Waals surface area contributed by atoms with Crippen LogP contribution >= 0.6 is 0 Å². The molecule has 0 atom stereocenters. The van der Waals surface area contributed by atoms with Gasteiger partial charge in [-0.25, -0.2) is 4.79 Å². The summed E-state index contributed by atoms with van der Waals surface area (Å²) in [6, 6.07) is 7.82. The number of carbonyl (C=O) groups is 1. The van der Waals surface area contributed by atoms with Crippen LogP contribution < -0.4 is 12.4 Å². The first-order valence-corrected chi connectivity index (χ1v) is 7.69. The number of hydrogen-bond donors (Lipinski definition) is 0. The van der Waals surface area contributed by atoms with Gasteiger partial charge in [0.1, 0.15) is 5.58 Å². The minimum Gasteiger partial charge on any atom is -1.00 e. The van der Waals surface area contributed by atoms with E-state index >= 15 is 0 Å². The van der Waals surface area contributed by atoms with E-state index in [4.69, 9.17) is 9.15 Å². The van der Waals surface area contributed by atoms with Gasteiger partial charge in [0.05, 0.1) is 6.61 Å². The quantitative estimate of drug-likeness (QED) is 0.773. The summed E-state index contributed by atoms with van der Waals surface area (Å²) >= 11 is 0. The van der Waals surface area contributed by atoms with Crippen molar-refractivity contribution in [2.45, 2.75) is 32.7 Å². The number of fused-ring (bicyclic) bond motifs is 1. The fourth-order valence-corrected chi connectivity index (χ4v) is 2.96. The molecular formula is C17H21ClNO3-. The summed E-state index contributed by atoms with van der Waals surface area (Å²) in [6.45, 7) is 5.10. The van der Waals surface area contributed by atoms with Crippen molar-refractivity contribution in [3.63, 3.8) is 0 Å². The van der Waals surface area contributed by atoms with Crippen LogP contribution in [0.25, 0.3) is 11.0 Å². The van der Waals surface area contributed by atoms with Gasteiger partial charge in [0, 0.05) is 17.5 Å². The highest BCUT2D eigenvalue weighted by atomic mass is 35.5. The van der Waals surface area contributed by atoms with Crippen molar-refractivity contribution < 1.29 is 26.4 Å². The van der Waals surface area contributed by atoms with E-state index in [0.717, 1.165) is 36.2 Å². The third kappa shape index (κ3) is 3.45. The molecule has 22 heavy (non-hydrogen) atoms. The maximum atomic E-state index is 12.1. The maximum Gasteiger partial charge on any atom is 0.374 e. The fraction of sp³-hybridized carbons (Fsp3) is 0.471. The lowest BCUT2D eigenvalue weighted by atomic mass is 10.1. The van der Waals surface area contributed by atoms with Gasteiger partial charge in [0.2, 0.25) is 5.76 Å². The zero-order valence-electron chi connectivity index (χ0n) is 12.8. The maximum absolute atomic E-state index is 12.1. The number of rotatable bonds is 4. The number of likely N-dealkylation sites (tertiary alicyclic amines) is 1. The van der Waals surface area contributed by atoms with Crippen molar-refractivity contribution in [2.24, 2.45) is 0 Å². The van der Waals surface area contributed by atoms with E-state index in [9.17, 15) is 4.79 Å². The molecule has 1 aliphatic rings. The molecule has 2 aromatic rings. The van der Waals surface area contributed by atoms with Crippen LogP contribution in [0.5, 0.6) is 0 Å². The molecule has 0 unspecified atom stereocenters. The van der Waals surface area contributed by atoms with Crippen LogP contribution in [0.3, 0.4) is 0 Å². The predicted molar refractivity (Wildman–Crippen MR) is 81.3 cm³/mol. The third-order valence-corrected chi connectivity index (χ3v) is 3.99. The van der Waals surface area contributed by atoms with Crippen molar-refractivity contribution >= 4 is 16.9 Å². The third-order valence-electron chi connectivity index (χ3n) is 3.99. The smallest absolute Gasteiger partial charge is 0.374 e. The van der Waals surface area contributed by atoms with Gasteiger partial charge < -0.3 is 21.6 Å². The van der Waals surface area contributed by atoms with Gasteiger partial charge in [-0.05, 0) is 38.9 Å². The van der Waals surface area contributed by atoms with E-state index in [1.807, 2.05) is 31.2 Å². The molecule has 1 saturated heterocycles. The van der Waals surface area contributed by atoms with Crippen LogP contribution in [0.2, 0.25) is 0 Å². The van der Waals surface area contributed by atoms with Crippen molar-refractivity contribution in [3.05, 3.63) is 35.6 Å². The van der Waals surface area contributed by atoms with E-state index in [2.05, 4.69) is 4.90 Å². The molecule has 0 spiro atoms. The molecule has 2 heterocycles. The van der Waals surface area contributed by atoms with Crippen molar-refractivity contribution in [1.29, 1.82) is 0 Å². The zero-order chi connectivity index (χ0) is 14.7. The second-order valence-electron chi connectivity index (χ2n) is 5.46. The first kappa shape index (κ1) is 16.8. The molecule has 1 aromatic heterocycles. The normalized spacial score (nSPS) is 15.5. The van der Waals surface area contributed by atoms with Crippen molar-refractivity contribution in [1.82, 2.24) is 4.90 Å². The van der Waals surface area contributed by atoms with Crippen LogP contribution in [0.15, 0.2) is 28.7 Å². The molecule has 0 radical (unpaired) electrons. The fourth-order valence-electron chi connectivity index (χ4n) is 2.96. The van der Waals surface area contributed by atoms with E-state index < -0.39 is 0 Å². The number of furan rings is 1. The summed E-state index contributed by atoms with van der Waals surface area (Å²) in [5.41, 5.74) is 1.72. The summed E-state index contributed by atoms with van der Waals surface area (Å²) < 4.78 is 10.9. The number of para-hydroxylation sites is 1. The highest BCUT2D eigenvalue weighted by molar-refractivity contribution is 5.96. The molecule has 1 fully saturated rings. The van der Waals surface area contributed by atoms with Gasteiger partial charge in [-0.1, -0.05) is 24.6 Å². The molecule has 120 valence electrons. The summed E-state index contributed by atoms with van der Waals surface area (Å²) in [6.07, 6.45) is 3.75. The number of ether oxygens (including phenoxy) is 1. The topological polar surface area (TPSA) is 42.7 Å². The minimum atomic E-state index is -0.360. The summed E-state index contributed by atoms with van der Waals surface area (Å²) in [4.78, 5) is 14.5. The Balaban J connectivity index is 0.00000176. The molecule has 0 bridgehead atoms. The average molecular weight is 323 g/mol. The van der Waals surface area contributed by atoms with Gasteiger partial charge in [0.25, 0.3) is 0 Å². The second kappa shape index (κ2) is 7.65. The number of halogens is 1. The minimum absolute atomic E-state index is 0. The lowest BCUT2D eigenvalue weighted by Gasteiger charge is -2.26. The molecule has 0 N–H and O–H groups in total. The molecule has 0 saturated carbocycles. The van der Waals surface area contributed by atoms with E-state index in [1.165, 1.54) is 19.3 Å². The molecule has 0 amide bonds. The Morgan fingerprint density at radius 1 is 1.23 bits per heavy atom. The Morgan fingerprint density at radius 2 is 1.95 bits per heavy atom. The number of hydrogen-bond acceptors (Lipinski definition) is 4. The number of piperidine rings is 1. The Morgan fingerprint density at radius 3 is 2.68 bits per heavy atom. The molecule has 5 heteroatoms. The molecule has 4 nitrogen and oxygen atoms in total. The molecule has 1 aliphatic heterocycles. The van der Waals surface area contributed by atoms with Crippen LogP contribution in [0.1, 0.15) is 42.3 Å². The lowest BCUT2D eigenvalue weighted by Crippen LogP contribution is -3.00. The lowest BCUT2D eigenvalue weighted by molar-refractivity contribution is -0.0000225. The van der Waals surface area contributed by atoms with Crippen LogP contribution in [-0.4, -0.2) is 30.6 Å². The SMILES string of the molecule is CCOC(=O)c1oc2ccccc2c1CN1CCCCC1.[Cl-]. The monoisotopic (exact) mass is 322 g/mol. The zero-order valence-corrected chi connectivity index (χ0v) is 13.6. The largest absolute Gasteiger partial charge is 1.00 e. The second-order valence-corrected chi connectivity index (χ2v) is 5.46. The first-order valence-electron chi connectivity index (χ1n) is 7.69. The number of nitrogens with zero attached hydrogens (tertiary/aromatic N) is 1. The highest BCUT2D eigenvalue weighted by Gasteiger charge is 2.23. The van der Waals surface area contributed by atoms with Gasteiger partial charge >= 0.3 is 5.97 Å². The molecule has 1 aromatic carbocycles. The van der Waals surface area contributed by atoms with Gasteiger partial charge in [-0.15, -0.1) is 0 Å². The van der Waals surface area contributed by atoms with Crippen molar-refractivity contribution in [2.75, 3.05) is 19.7 Å². The summed E-state index contributed by atoms with van der Waals surface area (Å²) in [5, 5.41) is 1.02. The highest BCUT2D eigenvalue weighted by Crippen LogP contribution is 2.28. The first-order chi connectivity index (χ1) is 10.3. The molecule has 0 aliphatic carbocycles. The van der Waals surface area contributed by atoms with Crippen molar-refractivity contribution in [3.8, 4) is 0 Å².